The summed E-state index contributed by atoms with van der Waals surface area (Å²) in [6, 6.07) is 9.01. The van der Waals surface area contributed by atoms with Crippen LogP contribution in [0, 0.1) is 6.92 Å². The van der Waals surface area contributed by atoms with Crippen LogP contribution >= 0.6 is 23.2 Å². The zero-order chi connectivity index (χ0) is 18.8. The van der Waals surface area contributed by atoms with Gasteiger partial charge in [-0.3, -0.25) is 4.79 Å². The number of rotatable bonds is 5. The van der Waals surface area contributed by atoms with Crippen LogP contribution < -0.4 is 10.0 Å². The van der Waals surface area contributed by atoms with E-state index in [1.54, 1.807) is 45.0 Å². The van der Waals surface area contributed by atoms with Gasteiger partial charge in [0.2, 0.25) is 10.0 Å². The van der Waals surface area contributed by atoms with Crippen molar-refractivity contribution < 1.29 is 13.2 Å². The molecule has 0 aliphatic heterocycles. The van der Waals surface area contributed by atoms with Gasteiger partial charge in [0.15, 0.2) is 0 Å². The van der Waals surface area contributed by atoms with Crippen LogP contribution in [-0.2, 0) is 10.0 Å². The van der Waals surface area contributed by atoms with Crippen LogP contribution in [0.4, 0.5) is 5.69 Å². The van der Waals surface area contributed by atoms with Crippen molar-refractivity contribution in [2.45, 2.75) is 31.7 Å². The fourth-order valence-electron chi connectivity index (χ4n) is 2.18. The summed E-state index contributed by atoms with van der Waals surface area (Å²) in [7, 11) is -3.70. The fourth-order valence-corrected chi connectivity index (χ4v) is 3.81. The summed E-state index contributed by atoms with van der Waals surface area (Å²) < 4.78 is 27.1. The maximum Gasteiger partial charge on any atom is 0.256 e. The lowest BCUT2D eigenvalue weighted by Crippen LogP contribution is -2.30. The smallest absolute Gasteiger partial charge is 0.256 e. The zero-order valence-electron chi connectivity index (χ0n) is 13.9. The maximum atomic E-state index is 12.6. The first-order valence-corrected chi connectivity index (χ1v) is 9.74. The van der Waals surface area contributed by atoms with E-state index in [1.807, 2.05) is 0 Å². The van der Waals surface area contributed by atoms with E-state index >= 15 is 0 Å². The van der Waals surface area contributed by atoms with E-state index in [0.717, 1.165) is 0 Å². The molecule has 0 aliphatic rings. The Balaban J connectivity index is 2.37. The summed E-state index contributed by atoms with van der Waals surface area (Å²) in [5.74, 6) is -0.469. The maximum absolute atomic E-state index is 12.6. The third-order valence-electron chi connectivity index (χ3n) is 3.35. The predicted octanol–water partition coefficient (Wildman–Crippen LogP) is 4.24. The van der Waals surface area contributed by atoms with E-state index in [1.165, 1.54) is 12.1 Å². The molecule has 0 saturated heterocycles. The highest BCUT2D eigenvalue weighted by Gasteiger charge is 2.19. The number of aryl methyl sites for hydroxylation is 1. The van der Waals surface area contributed by atoms with E-state index in [0.29, 0.717) is 16.3 Å². The molecule has 2 aromatic carbocycles. The molecule has 0 unspecified atom stereocenters. The number of carbonyl (C=O) groups is 1. The first kappa shape index (κ1) is 19.7. The van der Waals surface area contributed by atoms with Crippen molar-refractivity contribution in [3.63, 3.8) is 0 Å². The molecule has 0 radical (unpaired) electrons. The predicted molar refractivity (Wildman–Crippen MR) is 101 cm³/mol. The molecule has 0 fully saturated rings. The topological polar surface area (TPSA) is 75.3 Å². The van der Waals surface area contributed by atoms with Crippen molar-refractivity contribution in [3.05, 3.63) is 57.6 Å². The van der Waals surface area contributed by atoms with Gasteiger partial charge in [0.25, 0.3) is 5.91 Å². The molecule has 8 heteroatoms. The lowest BCUT2D eigenvalue weighted by molar-refractivity contribution is 0.102. The van der Waals surface area contributed by atoms with Crippen LogP contribution in [0.15, 0.2) is 41.3 Å². The summed E-state index contributed by atoms with van der Waals surface area (Å²) in [6.07, 6.45) is 0. The summed E-state index contributed by atoms with van der Waals surface area (Å²) in [4.78, 5) is 12.6. The highest BCUT2D eigenvalue weighted by Crippen LogP contribution is 2.30. The second-order valence-corrected chi connectivity index (χ2v) is 8.31. The molecule has 0 spiro atoms. The van der Waals surface area contributed by atoms with E-state index < -0.39 is 15.9 Å². The van der Waals surface area contributed by atoms with Gasteiger partial charge in [-0.15, -0.1) is 0 Å². The Morgan fingerprint density at radius 3 is 2.44 bits per heavy atom. The third-order valence-corrected chi connectivity index (χ3v) is 5.83. The van der Waals surface area contributed by atoms with Gasteiger partial charge in [-0.1, -0.05) is 35.3 Å². The molecule has 25 heavy (non-hydrogen) atoms. The van der Waals surface area contributed by atoms with Crippen LogP contribution in [0.2, 0.25) is 10.0 Å². The van der Waals surface area contributed by atoms with E-state index in [-0.39, 0.29) is 21.5 Å². The minimum Gasteiger partial charge on any atom is -0.321 e. The van der Waals surface area contributed by atoms with Gasteiger partial charge in [-0.25, -0.2) is 13.1 Å². The van der Waals surface area contributed by atoms with Crippen LogP contribution in [-0.4, -0.2) is 20.4 Å². The fraction of sp³-hybridized carbons (Fsp3) is 0.235. The van der Waals surface area contributed by atoms with Crippen LogP contribution in [0.25, 0.3) is 0 Å². The molecule has 0 atom stereocenters. The van der Waals surface area contributed by atoms with Gasteiger partial charge in [-0.2, -0.15) is 0 Å². The van der Waals surface area contributed by atoms with Gasteiger partial charge < -0.3 is 5.32 Å². The number of anilines is 1. The van der Waals surface area contributed by atoms with Crippen LogP contribution in [0.3, 0.4) is 0 Å². The van der Waals surface area contributed by atoms with Crippen LogP contribution in [0.1, 0.15) is 29.8 Å². The Hall–Kier alpha value is -1.60. The molecule has 134 valence electrons. The summed E-state index contributed by atoms with van der Waals surface area (Å²) in [5.41, 5.74) is 1.23. The Labute approximate surface area is 157 Å². The number of amides is 1. The standard InChI is InChI=1S/C17H18Cl2N2O3S/c1-10(2)21-25(23,24)12-8-7-11(3)13(9-12)17(22)20-15-6-4-5-14(18)16(15)19/h4-10,21H,1-3H3,(H,20,22). The summed E-state index contributed by atoms with van der Waals surface area (Å²) in [6.45, 7) is 5.17. The Kier molecular flexibility index (Phi) is 6.11. The summed E-state index contributed by atoms with van der Waals surface area (Å²) >= 11 is 12.0. The van der Waals surface area contributed by atoms with E-state index in [4.69, 9.17) is 23.2 Å². The molecule has 0 aliphatic carbocycles. The number of benzene rings is 2. The van der Waals surface area contributed by atoms with Crippen LogP contribution in [0.5, 0.6) is 0 Å². The monoisotopic (exact) mass is 400 g/mol. The molecule has 0 aromatic heterocycles. The first-order chi connectivity index (χ1) is 11.6. The van der Waals surface area contributed by atoms with E-state index in [2.05, 4.69) is 10.0 Å². The number of sulfonamides is 1. The number of halogens is 2. The molecule has 0 saturated carbocycles. The summed E-state index contributed by atoms with van der Waals surface area (Å²) in [5, 5.41) is 3.19. The molecular formula is C17H18Cl2N2O3S. The minimum atomic E-state index is -3.70. The quantitative estimate of drug-likeness (QED) is 0.787. The average Bonchev–Trinajstić information content (AvgIpc) is 2.50. The van der Waals surface area contributed by atoms with Crippen molar-refractivity contribution in [2.24, 2.45) is 0 Å². The largest absolute Gasteiger partial charge is 0.321 e. The Morgan fingerprint density at radius 1 is 1.12 bits per heavy atom. The molecule has 5 nitrogen and oxygen atoms in total. The van der Waals surface area contributed by atoms with Crippen molar-refractivity contribution in [3.8, 4) is 0 Å². The highest BCUT2D eigenvalue weighted by atomic mass is 35.5. The van der Waals surface area contributed by atoms with Crippen molar-refractivity contribution >= 4 is 44.8 Å². The third kappa shape index (κ3) is 4.73. The number of hydrogen-bond acceptors (Lipinski definition) is 3. The van der Waals surface area contributed by atoms with Crippen molar-refractivity contribution in [1.82, 2.24) is 4.72 Å². The van der Waals surface area contributed by atoms with Gasteiger partial charge in [0.05, 0.1) is 20.6 Å². The molecule has 2 N–H and O–H groups in total. The van der Waals surface area contributed by atoms with Crippen molar-refractivity contribution in [2.75, 3.05) is 5.32 Å². The molecule has 1 amide bonds. The van der Waals surface area contributed by atoms with Gasteiger partial charge in [0.1, 0.15) is 0 Å². The number of hydrogen-bond donors (Lipinski definition) is 2. The molecule has 0 heterocycles. The minimum absolute atomic E-state index is 0.0224. The average molecular weight is 401 g/mol. The molecular weight excluding hydrogens is 383 g/mol. The van der Waals surface area contributed by atoms with Crippen molar-refractivity contribution in [1.29, 1.82) is 0 Å². The lowest BCUT2D eigenvalue weighted by Gasteiger charge is -2.13. The van der Waals surface area contributed by atoms with E-state index in [9.17, 15) is 13.2 Å². The highest BCUT2D eigenvalue weighted by molar-refractivity contribution is 7.89. The molecule has 0 bridgehead atoms. The molecule has 2 aromatic rings. The first-order valence-electron chi connectivity index (χ1n) is 7.50. The second kappa shape index (κ2) is 7.74. The van der Waals surface area contributed by atoms with Gasteiger partial charge in [-0.05, 0) is 50.6 Å². The SMILES string of the molecule is Cc1ccc(S(=O)(=O)NC(C)C)cc1C(=O)Nc1cccc(Cl)c1Cl. The number of nitrogens with one attached hydrogen (secondary N) is 2. The van der Waals surface area contributed by atoms with Gasteiger partial charge in [0, 0.05) is 11.6 Å². The second-order valence-electron chi connectivity index (χ2n) is 5.81. The number of carbonyl (C=O) groups excluding carboxylic acids is 1. The Bertz CT molecular complexity index is 912. The normalized spacial score (nSPS) is 11.6. The lowest BCUT2D eigenvalue weighted by atomic mass is 10.1. The Morgan fingerprint density at radius 2 is 1.80 bits per heavy atom. The van der Waals surface area contributed by atoms with Gasteiger partial charge >= 0.3 is 0 Å². The molecule has 2 rings (SSSR count). The zero-order valence-corrected chi connectivity index (χ0v) is 16.3.